The number of fused-ring (bicyclic) bond motifs is 1. The van der Waals surface area contributed by atoms with Crippen LogP contribution in [0.5, 0.6) is 11.5 Å². The van der Waals surface area contributed by atoms with Crippen LogP contribution in [0, 0.1) is 0 Å². The Labute approximate surface area is 192 Å². The fourth-order valence-electron chi connectivity index (χ4n) is 3.71. The average molecular weight is 479 g/mol. The molecule has 0 aromatic heterocycles. The monoisotopic (exact) mass is 478 g/mol. The fraction of sp³-hybridized carbons (Fsp3) is 0.364. The second kappa shape index (κ2) is 10.1. The second-order valence-electron chi connectivity index (χ2n) is 7.46. The number of carbonyl (C=O) groups is 2. The minimum Gasteiger partial charge on any atom is -0.495 e. The Morgan fingerprint density at radius 1 is 1.12 bits per heavy atom. The van der Waals surface area contributed by atoms with Crippen molar-refractivity contribution in [1.82, 2.24) is 0 Å². The molecule has 33 heavy (non-hydrogen) atoms. The van der Waals surface area contributed by atoms with Crippen molar-refractivity contribution < 1.29 is 37.3 Å². The summed E-state index contributed by atoms with van der Waals surface area (Å²) < 4.78 is 44.5. The molecular formula is C22H26N2O8S. The van der Waals surface area contributed by atoms with Gasteiger partial charge in [0.25, 0.3) is 10.0 Å². The summed E-state index contributed by atoms with van der Waals surface area (Å²) in [7, 11) is -1.38. The molecule has 0 unspecified atom stereocenters. The normalized spacial score (nSPS) is 15.5. The zero-order valence-electron chi connectivity index (χ0n) is 18.5. The van der Waals surface area contributed by atoms with Crippen LogP contribution in [0.3, 0.4) is 0 Å². The van der Waals surface area contributed by atoms with E-state index in [1.165, 1.54) is 30.7 Å². The molecular weight excluding hydrogens is 452 g/mol. The van der Waals surface area contributed by atoms with E-state index < -0.39 is 35.1 Å². The van der Waals surface area contributed by atoms with E-state index in [1.54, 1.807) is 12.1 Å². The number of nitrogens with one attached hydrogen (secondary N) is 1. The van der Waals surface area contributed by atoms with Gasteiger partial charge in [-0.05, 0) is 37.5 Å². The van der Waals surface area contributed by atoms with E-state index in [4.69, 9.17) is 19.3 Å². The van der Waals surface area contributed by atoms with Crippen molar-refractivity contribution in [3.8, 4) is 11.5 Å². The molecule has 2 aromatic rings. The largest absolute Gasteiger partial charge is 0.495 e. The van der Waals surface area contributed by atoms with Crippen molar-refractivity contribution in [3.05, 3.63) is 42.0 Å². The third-order valence-corrected chi connectivity index (χ3v) is 7.17. The number of nitrogens with zero attached hydrogens (tertiary/aromatic N) is 1. The number of carboxylic acid groups (broad SMARTS) is 1. The highest BCUT2D eigenvalue weighted by atomic mass is 32.2. The van der Waals surface area contributed by atoms with E-state index in [0.29, 0.717) is 12.1 Å². The first kappa shape index (κ1) is 24.3. The smallest absolute Gasteiger partial charge is 0.329 e. The first-order chi connectivity index (χ1) is 15.7. The number of ether oxygens (including phenoxy) is 3. The van der Waals surface area contributed by atoms with Gasteiger partial charge in [-0.1, -0.05) is 18.2 Å². The summed E-state index contributed by atoms with van der Waals surface area (Å²) >= 11 is 0. The molecule has 0 spiro atoms. The molecule has 2 aromatic carbocycles. The van der Waals surface area contributed by atoms with E-state index in [-0.39, 0.29) is 28.1 Å². The van der Waals surface area contributed by atoms with Crippen LogP contribution >= 0.6 is 0 Å². The van der Waals surface area contributed by atoms with Crippen molar-refractivity contribution >= 4 is 33.3 Å². The average Bonchev–Trinajstić information content (AvgIpc) is 2.78. The van der Waals surface area contributed by atoms with Crippen LogP contribution in [0.15, 0.2) is 41.3 Å². The maximum absolute atomic E-state index is 13.8. The third kappa shape index (κ3) is 5.20. The number of rotatable bonds is 9. The molecule has 0 aliphatic carbocycles. The molecule has 10 nitrogen and oxygen atoms in total. The molecule has 0 saturated carbocycles. The summed E-state index contributed by atoms with van der Waals surface area (Å²) in [6.45, 7) is 0.672. The van der Waals surface area contributed by atoms with Crippen LogP contribution in [0.4, 0.5) is 11.4 Å². The van der Waals surface area contributed by atoms with E-state index in [9.17, 15) is 18.0 Å². The number of carboxylic acids is 1. The number of aryl methyl sites for hydroxylation is 1. The number of carbonyl (C=O) groups excluding carboxylic acids is 1. The van der Waals surface area contributed by atoms with Gasteiger partial charge in [-0.2, -0.15) is 0 Å². The number of amides is 1. The van der Waals surface area contributed by atoms with Gasteiger partial charge in [0.15, 0.2) is 0 Å². The Kier molecular flexibility index (Phi) is 7.44. The Hall–Kier alpha value is -3.31. The topological polar surface area (TPSA) is 131 Å². The molecule has 0 bridgehead atoms. The summed E-state index contributed by atoms with van der Waals surface area (Å²) in [6, 6.07) is 9.67. The quantitative estimate of drug-likeness (QED) is 0.561. The molecule has 11 heteroatoms. The minimum atomic E-state index is -4.09. The predicted octanol–water partition coefficient (Wildman–Crippen LogP) is 2.27. The highest BCUT2D eigenvalue weighted by molar-refractivity contribution is 7.93. The molecule has 1 aliphatic rings. The molecule has 1 amide bonds. The van der Waals surface area contributed by atoms with Gasteiger partial charge in [-0.25, -0.2) is 13.2 Å². The summed E-state index contributed by atoms with van der Waals surface area (Å²) in [5, 5.41) is 11.1. The maximum atomic E-state index is 13.8. The third-order valence-electron chi connectivity index (χ3n) is 5.22. The molecule has 178 valence electrons. The van der Waals surface area contributed by atoms with Gasteiger partial charge in [0.1, 0.15) is 29.6 Å². The summed E-state index contributed by atoms with van der Waals surface area (Å²) in [6.07, 6.45) is 1.42. The first-order valence-electron chi connectivity index (χ1n) is 10.2. The lowest BCUT2D eigenvalue weighted by atomic mass is 9.99. The van der Waals surface area contributed by atoms with Crippen molar-refractivity contribution in [1.29, 1.82) is 0 Å². The molecule has 0 fully saturated rings. The highest BCUT2D eigenvalue weighted by Crippen LogP contribution is 2.41. The number of hydrogen-bond acceptors (Lipinski definition) is 7. The number of para-hydroxylation sites is 1. The molecule has 0 radical (unpaired) electrons. The molecule has 2 N–H and O–H groups in total. The van der Waals surface area contributed by atoms with Crippen molar-refractivity contribution in [2.24, 2.45) is 0 Å². The van der Waals surface area contributed by atoms with Crippen LogP contribution in [-0.2, 0) is 30.8 Å². The Morgan fingerprint density at radius 3 is 2.48 bits per heavy atom. The fourth-order valence-corrected chi connectivity index (χ4v) is 5.61. The number of anilines is 2. The molecule has 1 aliphatic heterocycles. The van der Waals surface area contributed by atoms with E-state index in [1.807, 2.05) is 19.1 Å². The van der Waals surface area contributed by atoms with Gasteiger partial charge in [0.05, 0.1) is 25.6 Å². The SMILES string of the molecule is COc1cc(OC)c(S(=O)(=O)N2c3ccccc3CC[C@@H]2C)cc1NC(=O)COCC(=O)O. The van der Waals surface area contributed by atoms with Crippen LogP contribution in [0.25, 0.3) is 0 Å². The number of sulfonamides is 1. The van der Waals surface area contributed by atoms with E-state index in [2.05, 4.69) is 5.32 Å². The summed E-state index contributed by atoms with van der Waals surface area (Å²) in [5.41, 5.74) is 1.61. The number of benzene rings is 2. The number of aliphatic carboxylic acids is 1. The minimum absolute atomic E-state index is 0.0576. The van der Waals surface area contributed by atoms with Crippen LogP contribution in [-0.4, -0.2) is 58.9 Å². The van der Waals surface area contributed by atoms with Crippen molar-refractivity contribution in [2.45, 2.75) is 30.7 Å². The van der Waals surface area contributed by atoms with Crippen LogP contribution in [0.2, 0.25) is 0 Å². The highest BCUT2D eigenvalue weighted by Gasteiger charge is 2.36. The van der Waals surface area contributed by atoms with Gasteiger partial charge >= 0.3 is 5.97 Å². The Bertz CT molecular complexity index is 1150. The first-order valence-corrected chi connectivity index (χ1v) is 11.6. The molecule has 0 saturated heterocycles. The number of hydrogen-bond donors (Lipinski definition) is 2. The maximum Gasteiger partial charge on any atom is 0.329 e. The van der Waals surface area contributed by atoms with Crippen molar-refractivity contribution in [2.75, 3.05) is 37.1 Å². The van der Waals surface area contributed by atoms with E-state index in [0.717, 1.165) is 12.0 Å². The second-order valence-corrected chi connectivity index (χ2v) is 9.24. The number of methoxy groups -OCH3 is 2. The summed E-state index contributed by atoms with van der Waals surface area (Å²) in [5.74, 6) is -1.65. The van der Waals surface area contributed by atoms with Crippen molar-refractivity contribution in [3.63, 3.8) is 0 Å². The predicted molar refractivity (Wildman–Crippen MR) is 121 cm³/mol. The Morgan fingerprint density at radius 2 is 1.82 bits per heavy atom. The van der Waals surface area contributed by atoms with Gasteiger partial charge in [-0.3, -0.25) is 9.10 Å². The summed E-state index contributed by atoms with van der Waals surface area (Å²) in [4.78, 5) is 22.6. The molecule has 3 rings (SSSR count). The lowest BCUT2D eigenvalue weighted by molar-refractivity contribution is -0.143. The molecule has 1 atom stereocenters. The standard InChI is InChI=1S/C22H26N2O8S/c1-14-8-9-15-6-4-5-7-17(15)24(14)33(28,29)20-10-16(18(30-2)11-19(20)31-3)23-21(25)12-32-13-22(26)27/h4-7,10-11,14H,8-9,12-13H2,1-3H3,(H,23,25)(H,26,27)/t14-/m0/s1. The molecule has 1 heterocycles. The van der Waals surface area contributed by atoms with Crippen LogP contribution in [0.1, 0.15) is 18.9 Å². The lowest BCUT2D eigenvalue weighted by Gasteiger charge is -2.36. The van der Waals surface area contributed by atoms with Gasteiger partial charge < -0.3 is 24.6 Å². The zero-order chi connectivity index (χ0) is 24.2. The Balaban J connectivity index is 2.02. The lowest BCUT2D eigenvalue weighted by Crippen LogP contribution is -2.42. The van der Waals surface area contributed by atoms with Gasteiger partial charge in [0.2, 0.25) is 5.91 Å². The van der Waals surface area contributed by atoms with Crippen LogP contribution < -0.4 is 19.1 Å². The zero-order valence-corrected chi connectivity index (χ0v) is 19.3. The van der Waals surface area contributed by atoms with E-state index >= 15 is 0 Å². The van der Waals surface area contributed by atoms with Gasteiger partial charge in [0, 0.05) is 12.1 Å². The van der Waals surface area contributed by atoms with Gasteiger partial charge in [-0.15, -0.1) is 0 Å².